The van der Waals surface area contributed by atoms with E-state index >= 15 is 0 Å². The van der Waals surface area contributed by atoms with Crippen LogP contribution in [0.25, 0.3) is 10.8 Å². The van der Waals surface area contributed by atoms with E-state index in [1.165, 1.54) is 39.6 Å². The van der Waals surface area contributed by atoms with E-state index in [1.54, 1.807) is 0 Å². The van der Waals surface area contributed by atoms with Gasteiger partial charge in [0.25, 0.3) is 0 Å². The predicted molar refractivity (Wildman–Crippen MR) is 90.8 cm³/mol. The Balaban J connectivity index is 1.50. The lowest BCUT2D eigenvalue weighted by Crippen LogP contribution is -1.95. The average molecular weight is 291 g/mol. The highest BCUT2D eigenvalue weighted by molar-refractivity contribution is 7.99. The maximum absolute atomic E-state index is 4.08. The van der Waals surface area contributed by atoms with Crippen LogP contribution >= 0.6 is 11.8 Å². The van der Waals surface area contributed by atoms with Gasteiger partial charge in [0.05, 0.1) is 0 Å². The van der Waals surface area contributed by atoms with Crippen molar-refractivity contribution in [1.82, 2.24) is 4.98 Å². The van der Waals surface area contributed by atoms with Gasteiger partial charge in [-0.1, -0.05) is 36.4 Å². The van der Waals surface area contributed by atoms with Gasteiger partial charge in [-0.2, -0.15) is 11.8 Å². The highest BCUT2D eigenvalue weighted by Gasteiger charge is 2.23. The first-order valence-corrected chi connectivity index (χ1v) is 8.48. The summed E-state index contributed by atoms with van der Waals surface area (Å²) >= 11 is 2.09. The van der Waals surface area contributed by atoms with Crippen molar-refractivity contribution in [2.45, 2.75) is 18.1 Å². The fourth-order valence-electron chi connectivity index (χ4n) is 3.22. The van der Waals surface area contributed by atoms with Crippen LogP contribution in [-0.2, 0) is 12.8 Å². The standard InChI is InChI=1S/C19H17NS/c1-3-15-4-2-6-17-18(13-16(5-1)19(15)17)21-12-9-14-7-10-20-11-8-14/h1-8,10-11,18H,9,12-13H2/t18-/m1/s1. The number of nitrogens with zero attached hydrogens (tertiary/aromatic N) is 1. The van der Waals surface area contributed by atoms with Crippen molar-refractivity contribution in [3.63, 3.8) is 0 Å². The highest BCUT2D eigenvalue weighted by Crippen LogP contribution is 2.44. The minimum absolute atomic E-state index is 0.618. The van der Waals surface area contributed by atoms with Crippen LogP contribution in [0.2, 0.25) is 0 Å². The molecule has 0 saturated carbocycles. The van der Waals surface area contributed by atoms with E-state index in [-0.39, 0.29) is 0 Å². The third-order valence-electron chi connectivity index (χ3n) is 4.23. The molecule has 4 rings (SSSR count). The van der Waals surface area contributed by atoms with Gasteiger partial charge in [0.1, 0.15) is 0 Å². The zero-order valence-electron chi connectivity index (χ0n) is 11.8. The van der Waals surface area contributed by atoms with E-state index in [0.29, 0.717) is 5.25 Å². The Morgan fingerprint density at radius 3 is 2.67 bits per heavy atom. The molecule has 0 saturated heterocycles. The Kier molecular flexibility index (Phi) is 3.40. The van der Waals surface area contributed by atoms with Crippen molar-refractivity contribution in [3.8, 4) is 0 Å². The third-order valence-corrected chi connectivity index (χ3v) is 5.50. The lowest BCUT2D eigenvalue weighted by molar-refractivity contribution is 0.984. The number of benzene rings is 2. The van der Waals surface area contributed by atoms with Gasteiger partial charge in [-0.05, 0) is 58.2 Å². The van der Waals surface area contributed by atoms with E-state index in [2.05, 4.69) is 65.3 Å². The number of rotatable bonds is 4. The van der Waals surface area contributed by atoms with Gasteiger partial charge in [0, 0.05) is 17.6 Å². The monoisotopic (exact) mass is 291 g/mol. The Morgan fingerprint density at radius 1 is 1.00 bits per heavy atom. The van der Waals surface area contributed by atoms with Crippen molar-refractivity contribution in [2.75, 3.05) is 5.75 Å². The van der Waals surface area contributed by atoms with Crippen LogP contribution in [0.5, 0.6) is 0 Å². The lowest BCUT2D eigenvalue weighted by Gasteiger charge is -2.11. The topological polar surface area (TPSA) is 12.9 Å². The van der Waals surface area contributed by atoms with E-state index in [1.807, 2.05) is 12.4 Å². The van der Waals surface area contributed by atoms with Gasteiger partial charge in [0.2, 0.25) is 0 Å². The highest BCUT2D eigenvalue weighted by atomic mass is 32.2. The summed E-state index contributed by atoms with van der Waals surface area (Å²) in [6.07, 6.45) is 6.06. The lowest BCUT2D eigenvalue weighted by atomic mass is 10.1. The predicted octanol–water partition coefficient (Wildman–Crippen LogP) is 4.81. The van der Waals surface area contributed by atoms with E-state index < -0.39 is 0 Å². The number of thioether (sulfide) groups is 1. The summed E-state index contributed by atoms with van der Waals surface area (Å²) in [6, 6.07) is 17.7. The van der Waals surface area contributed by atoms with Crippen LogP contribution < -0.4 is 0 Å². The molecule has 1 aromatic heterocycles. The minimum Gasteiger partial charge on any atom is -0.265 e. The van der Waals surface area contributed by atoms with E-state index in [4.69, 9.17) is 0 Å². The first-order valence-electron chi connectivity index (χ1n) is 7.43. The average Bonchev–Trinajstić information content (AvgIpc) is 2.89. The molecule has 0 bridgehead atoms. The molecule has 0 spiro atoms. The normalized spacial score (nSPS) is 16.5. The first-order chi connectivity index (χ1) is 10.4. The molecule has 0 unspecified atom stereocenters. The van der Waals surface area contributed by atoms with Gasteiger partial charge in [0.15, 0.2) is 0 Å². The van der Waals surface area contributed by atoms with Gasteiger partial charge in [-0.15, -0.1) is 0 Å². The second kappa shape index (κ2) is 5.53. The summed E-state index contributed by atoms with van der Waals surface area (Å²) in [6.45, 7) is 0. The van der Waals surface area contributed by atoms with Crippen LogP contribution in [-0.4, -0.2) is 10.7 Å². The molecule has 2 heteroatoms. The smallest absolute Gasteiger partial charge is 0.0344 e. The Labute approximate surface area is 129 Å². The molecule has 1 aliphatic carbocycles. The summed E-state index contributed by atoms with van der Waals surface area (Å²) < 4.78 is 0. The Hall–Kier alpha value is -1.80. The molecule has 0 N–H and O–H groups in total. The van der Waals surface area contributed by atoms with Crippen LogP contribution in [0, 0.1) is 0 Å². The fourth-order valence-corrected chi connectivity index (χ4v) is 4.53. The summed E-state index contributed by atoms with van der Waals surface area (Å²) in [5.74, 6) is 1.17. The number of aryl methyl sites for hydroxylation is 1. The molecule has 1 atom stereocenters. The van der Waals surface area contributed by atoms with Gasteiger partial charge < -0.3 is 0 Å². The van der Waals surface area contributed by atoms with E-state index in [9.17, 15) is 0 Å². The van der Waals surface area contributed by atoms with Crippen molar-refractivity contribution in [1.29, 1.82) is 0 Å². The molecule has 104 valence electrons. The SMILES string of the molecule is c1cc2c3c(cccc3c1)[C@H](SCCc1ccncc1)C2. The fraction of sp³-hybridized carbons (Fsp3) is 0.211. The quantitative estimate of drug-likeness (QED) is 0.684. The molecule has 1 nitrogen and oxygen atoms in total. The maximum Gasteiger partial charge on any atom is 0.0344 e. The van der Waals surface area contributed by atoms with Crippen LogP contribution in [0.3, 0.4) is 0 Å². The van der Waals surface area contributed by atoms with Gasteiger partial charge in [-0.3, -0.25) is 4.98 Å². The van der Waals surface area contributed by atoms with Crippen LogP contribution in [0.1, 0.15) is 21.9 Å². The number of aromatic nitrogens is 1. The molecule has 0 radical (unpaired) electrons. The molecule has 2 aromatic carbocycles. The van der Waals surface area contributed by atoms with Gasteiger partial charge >= 0.3 is 0 Å². The minimum atomic E-state index is 0.618. The van der Waals surface area contributed by atoms with Crippen LogP contribution in [0.15, 0.2) is 60.9 Å². The molecular formula is C19H17NS. The molecule has 0 aliphatic heterocycles. The van der Waals surface area contributed by atoms with E-state index in [0.717, 1.165) is 6.42 Å². The Morgan fingerprint density at radius 2 is 1.81 bits per heavy atom. The molecule has 1 heterocycles. The van der Waals surface area contributed by atoms with Crippen molar-refractivity contribution >= 4 is 22.5 Å². The zero-order valence-corrected chi connectivity index (χ0v) is 12.6. The van der Waals surface area contributed by atoms with Crippen molar-refractivity contribution in [2.24, 2.45) is 0 Å². The van der Waals surface area contributed by atoms with Crippen molar-refractivity contribution in [3.05, 3.63) is 77.6 Å². The summed E-state index contributed by atoms with van der Waals surface area (Å²) in [7, 11) is 0. The number of pyridine rings is 1. The molecule has 3 aromatic rings. The second-order valence-electron chi connectivity index (χ2n) is 5.53. The Bertz CT molecular complexity index is 762. The zero-order chi connectivity index (χ0) is 14.1. The van der Waals surface area contributed by atoms with Crippen molar-refractivity contribution < 1.29 is 0 Å². The first kappa shape index (κ1) is 12.9. The van der Waals surface area contributed by atoms with Crippen LogP contribution in [0.4, 0.5) is 0 Å². The largest absolute Gasteiger partial charge is 0.265 e. The molecule has 0 fully saturated rings. The molecule has 21 heavy (non-hydrogen) atoms. The second-order valence-corrected chi connectivity index (χ2v) is 6.84. The summed E-state index contributed by atoms with van der Waals surface area (Å²) in [5, 5.41) is 3.51. The third kappa shape index (κ3) is 2.44. The molecular weight excluding hydrogens is 274 g/mol. The summed E-state index contributed by atoms with van der Waals surface area (Å²) in [5.41, 5.74) is 4.43. The summed E-state index contributed by atoms with van der Waals surface area (Å²) in [4.78, 5) is 4.08. The number of hydrogen-bond acceptors (Lipinski definition) is 2. The van der Waals surface area contributed by atoms with Gasteiger partial charge in [-0.25, -0.2) is 0 Å². The maximum atomic E-state index is 4.08. The number of hydrogen-bond donors (Lipinski definition) is 0. The molecule has 1 aliphatic rings. The molecule has 0 amide bonds.